The monoisotopic (exact) mass is 214 g/mol. The molecule has 0 radical (unpaired) electrons. The molecule has 0 bridgehead atoms. The van der Waals surface area contributed by atoms with Gasteiger partial charge in [-0.3, -0.25) is 10.2 Å². The predicted molar refractivity (Wildman–Crippen MR) is 56.5 cm³/mol. The normalized spacial score (nSPS) is 12.5. The zero-order chi connectivity index (χ0) is 10.6. The topological polar surface area (TPSA) is 68.3 Å². The summed E-state index contributed by atoms with van der Waals surface area (Å²) in [6.07, 6.45) is 1.65. The average Bonchev–Trinajstić information content (AvgIpc) is 2.59. The summed E-state index contributed by atoms with van der Waals surface area (Å²) in [6, 6.07) is 1.91. The molecule has 5 heteroatoms. The Bertz CT molecular complexity index is 312. The van der Waals surface area contributed by atoms with Gasteiger partial charge in [-0.1, -0.05) is 0 Å². The number of nitrogens with one attached hydrogen (secondary N) is 1. The molecular formula is C9H14N2O2S. The molecule has 78 valence electrons. The van der Waals surface area contributed by atoms with Crippen LogP contribution in [0.2, 0.25) is 0 Å². The zero-order valence-electron chi connectivity index (χ0n) is 8.24. The molecule has 1 aromatic heterocycles. The zero-order valence-corrected chi connectivity index (χ0v) is 9.06. The molecule has 3 N–H and O–H groups in total. The average molecular weight is 214 g/mol. The van der Waals surface area contributed by atoms with Gasteiger partial charge in [-0.2, -0.15) is 0 Å². The van der Waals surface area contributed by atoms with E-state index in [4.69, 9.17) is 10.3 Å². The molecule has 1 aromatic rings. The van der Waals surface area contributed by atoms with Crippen LogP contribution in [0.4, 0.5) is 0 Å². The first-order valence-corrected chi connectivity index (χ1v) is 5.35. The number of rotatable bonds is 4. The van der Waals surface area contributed by atoms with Crippen LogP contribution in [0, 0.1) is 6.92 Å². The van der Waals surface area contributed by atoms with Gasteiger partial charge in [0, 0.05) is 0 Å². The lowest BCUT2D eigenvalue weighted by Crippen LogP contribution is -2.36. The van der Waals surface area contributed by atoms with Gasteiger partial charge in [0.15, 0.2) is 0 Å². The Hall–Kier alpha value is -0.940. The number of carbonyl (C=O) groups excluding carboxylic acids is 1. The number of hydrogen-bond acceptors (Lipinski definition) is 4. The van der Waals surface area contributed by atoms with Crippen molar-refractivity contribution in [1.82, 2.24) is 5.43 Å². The van der Waals surface area contributed by atoms with E-state index in [1.807, 2.05) is 19.9 Å². The van der Waals surface area contributed by atoms with E-state index >= 15 is 0 Å². The summed E-state index contributed by atoms with van der Waals surface area (Å²) in [5.41, 5.74) is 3.23. The number of hydrogen-bond donors (Lipinski definition) is 2. The third-order valence-electron chi connectivity index (χ3n) is 1.94. The van der Waals surface area contributed by atoms with Crippen molar-refractivity contribution in [2.45, 2.75) is 24.9 Å². The van der Waals surface area contributed by atoms with Crippen LogP contribution in [0.25, 0.3) is 0 Å². The number of hydrazine groups is 1. The molecule has 0 fully saturated rings. The molecular weight excluding hydrogens is 200 g/mol. The van der Waals surface area contributed by atoms with Crippen LogP contribution in [0.15, 0.2) is 16.7 Å². The first-order valence-electron chi connectivity index (χ1n) is 4.30. The maximum atomic E-state index is 11.1. The highest BCUT2D eigenvalue weighted by atomic mass is 32.2. The molecule has 0 aliphatic rings. The van der Waals surface area contributed by atoms with Gasteiger partial charge in [-0.15, -0.1) is 11.8 Å². The van der Waals surface area contributed by atoms with Crippen LogP contribution >= 0.6 is 11.8 Å². The molecule has 0 aromatic carbocycles. The van der Waals surface area contributed by atoms with Gasteiger partial charge in [0.1, 0.15) is 5.76 Å². The fourth-order valence-electron chi connectivity index (χ4n) is 0.946. The van der Waals surface area contributed by atoms with Crippen molar-refractivity contribution >= 4 is 17.7 Å². The number of carbonyl (C=O) groups is 1. The number of nitrogens with two attached hydrogens (primary N) is 1. The molecule has 0 spiro atoms. The van der Waals surface area contributed by atoms with E-state index in [0.29, 0.717) is 5.75 Å². The minimum atomic E-state index is -0.167. The molecule has 4 nitrogen and oxygen atoms in total. The second-order valence-electron chi connectivity index (χ2n) is 2.99. The van der Waals surface area contributed by atoms with E-state index in [-0.39, 0.29) is 11.2 Å². The highest BCUT2D eigenvalue weighted by Gasteiger charge is 2.13. The van der Waals surface area contributed by atoms with Gasteiger partial charge in [0.25, 0.3) is 0 Å². The molecule has 1 rings (SSSR count). The molecule has 1 heterocycles. The van der Waals surface area contributed by atoms with Gasteiger partial charge in [0.2, 0.25) is 5.91 Å². The highest BCUT2D eigenvalue weighted by Crippen LogP contribution is 2.20. The van der Waals surface area contributed by atoms with Crippen molar-refractivity contribution in [3.63, 3.8) is 0 Å². The maximum absolute atomic E-state index is 11.1. The van der Waals surface area contributed by atoms with Gasteiger partial charge in [0.05, 0.1) is 17.3 Å². The Morgan fingerprint density at radius 3 is 3.00 bits per heavy atom. The van der Waals surface area contributed by atoms with Crippen molar-refractivity contribution < 1.29 is 9.21 Å². The minimum absolute atomic E-state index is 0.163. The molecule has 14 heavy (non-hydrogen) atoms. The molecule has 0 saturated heterocycles. The van der Waals surface area contributed by atoms with Gasteiger partial charge in [-0.05, 0) is 25.5 Å². The molecule has 0 saturated carbocycles. The standard InChI is InChI=1S/C9H14N2O2S/c1-6-3-4-13-8(6)5-14-7(2)9(12)11-10/h3-4,7H,5,10H2,1-2H3,(H,11,12). The number of furan rings is 1. The lowest BCUT2D eigenvalue weighted by atomic mass is 10.3. The van der Waals surface area contributed by atoms with Crippen LogP contribution in [0.5, 0.6) is 0 Å². The van der Waals surface area contributed by atoms with Crippen LogP contribution in [-0.2, 0) is 10.5 Å². The van der Waals surface area contributed by atoms with E-state index in [1.165, 1.54) is 11.8 Å². The van der Waals surface area contributed by atoms with E-state index in [2.05, 4.69) is 5.43 Å². The van der Waals surface area contributed by atoms with Crippen molar-refractivity contribution in [3.8, 4) is 0 Å². The summed E-state index contributed by atoms with van der Waals surface area (Å²) in [7, 11) is 0. The van der Waals surface area contributed by atoms with Gasteiger partial charge < -0.3 is 4.42 Å². The predicted octanol–water partition coefficient (Wildman–Crippen LogP) is 1.20. The summed E-state index contributed by atoms with van der Waals surface area (Å²) in [5.74, 6) is 6.44. The van der Waals surface area contributed by atoms with Crippen LogP contribution in [-0.4, -0.2) is 11.2 Å². The lowest BCUT2D eigenvalue weighted by Gasteiger charge is -2.07. The van der Waals surface area contributed by atoms with Crippen LogP contribution in [0.3, 0.4) is 0 Å². The van der Waals surface area contributed by atoms with E-state index < -0.39 is 0 Å². The van der Waals surface area contributed by atoms with E-state index in [9.17, 15) is 4.79 Å². The van der Waals surface area contributed by atoms with Crippen molar-refractivity contribution in [3.05, 3.63) is 23.7 Å². The van der Waals surface area contributed by atoms with Gasteiger partial charge >= 0.3 is 0 Å². The first-order chi connectivity index (χ1) is 6.65. The Morgan fingerprint density at radius 2 is 2.50 bits per heavy atom. The summed E-state index contributed by atoms with van der Waals surface area (Å²) >= 11 is 1.50. The molecule has 0 aliphatic heterocycles. The van der Waals surface area contributed by atoms with E-state index in [1.54, 1.807) is 6.26 Å². The van der Waals surface area contributed by atoms with Crippen molar-refractivity contribution in [1.29, 1.82) is 0 Å². The van der Waals surface area contributed by atoms with E-state index in [0.717, 1.165) is 11.3 Å². The third-order valence-corrected chi connectivity index (χ3v) is 3.09. The quantitative estimate of drug-likeness (QED) is 0.449. The van der Waals surface area contributed by atoms with Crippen LogP contribution in [0.1, 0.15) is 18.2 Å². The van der Waals surface area contributed by atoms with Gasteiger partial charge in [-0.25, -0.2) is 5.84 Å². The largest absolute Gasteiger partial charge is 0.468 e. The second kappa shape index (κ2) is 5.07. The first kappa shape index (κ1) is 11.1. The Labute approximate surface area is 87.2 Å². The molecule has 0 aliphatic carbocycles. The Balaban J connectivity index is 2.41. The Morgan fingerprint density at radius 1 is 1.79 bits per heavy atom. The Kier molecular flexibility index (Phi) is 4.03. The second-order valence-corrected chi connectivity index (χ2v) is 4.32. The summed E-state index contributed by atoms with van der Waals surface area (Å²) in [6.45, 7) is 3.79. The fraction of sp³-hybridized carbons (Fsp3) is 0.444. The molecule has 1 atom stereocenters. The maximum Gasteiger partial charge on any atom is 0.246 e. The minimum Gasteiger partial charge on any atom is -0.468 e. The van der Waals surface area contributed by atoms with Crippen LogP contribution < -0.4 is 11.3 Å². The SMILES string of the molecule is Cc1ccoc1CSC(C)C(=O)NN. The summed E-state index contributed by atoms with van der Waals surface area (Å²) in [4.78, 5) is 11.1. The number of aryl methyl sites for hydroxylation is 1. The number of thioether (sulfide) groups is 1. The fourth-order valence-corrected chi connectivity index (χ4v) is 1.86. The third kappa shape index (κ3) is 2.78. The summed E-state index contributed by atoms with van der Waals surface area (Å²) < 4.78 is 5.24. The smallest absolute Gasteiger partial charge is 0.246 e. The van der Waals surface area contributed by atoms with Crippen molar-refractivity contribution in [2.24, 2.45) is 5.84 Å². The summed E-state index contributed by atoms with van der Waals surface area (Å²) in [5, 5.41) is -0.163. The number of amides is 1. The molecule has 1 amide bonds. The highest BCUT2D eigenvalue weighted by molar-refractivity contribution is 7.99. The lowest BCUT2D eigenvalue weighted by molar-refractivity contribution is -0.120. The molecule has 1 unspecified atom stereocenters. The van der Waals surface area contributed by atoms with Crippen molar-refractivity contribution in [2.75, 3.05) is 0 Å².